The number of ether oxygens (including phenoxy) is 1. The van der Waals surface area contributed by atoms with Crippen molar-refractivity contribution >= 4 is 34.4 Å². The van der Waals surface area contributed by atoms with Crippen LogP contribution in [0.25, 0.3) is 10.9 Å². The van der Waals surface area contributed by atoms with Crippen molar-refractivity contribution in [3.05, 3.63) is 81.1 Å². The van der Waals surface area contributed by atoms with Crippen molar-refractivity contribution in [3.63, 3.8) is 0 Å². The van der Waals surface area contributed by atoms with Crippen LogP contribution in [0, 0.1) is 0 Å². The molecule has 0 radical (unpaired) electrons. The quantitative estimate of drug-likeness (QED) is 0.736. The number of H-pyrrole nitrogens is 1. The summed E-state index contributed by atoms with van der Waals surface area (Å²) in [6.07, 6.45) is 0.306. The van der Waals surface area contributed by atoms with Crippen LogP contribution in [0.3, 0.4) is 0 Å². The summed E-state index contributed by atoms with van der Waals surface area (Å²) in [6, 6.07) is 15.2. The second kappa shape index (κ2) is 6.18. The van der Waals surface area contributed by atoms with E-state index in [4.69, 9.17) is 16.3 Å². The normalized spacial score (nSPS) is 16.8. The summed E-state index contributed by atoms with van der Waals surface area (Å²) in [4.78, 5) is 31.2. The van der Waals surface area contributed by atoms with E-state index in [1.807, 2.05) is 24.3 Å². The van der Waals surface area contributed by atoms with Crippen LogP contribution in [0.15, 0.2) is 64.4 Å². The lowest BCUT2D eigenvalue weighted by Gasteiger charge is -2.07. The van der Waals surface area contributed by atoms with E-state index in [1.165, 1.54) is 6.07 Å². The van der Waals surface area contributed by atoms with E-state index in [2.05, 4.69) is 9.98 Å². The van der Waals surface area contributed by atoms with Gasteiger partial charge in [0.2, 0.25) is 11.5 Å². The lowest BCUT2D eigenvalue weighted by Crippen LogP contribution is -2.19. The van der Waals surface area contributed by atoms with Gasteiger partial charge in [0.25, 0.3) is 0 Å². The summed E-state index contributed by atoms with van der Waals surface area (Å²) in [6.45, 7) is 0. The van der Waals surface area contributed by atoms with E-state index in [1.54, 1.807) is 24.3 Å². The zero-order valence-corrected chi connectivity index (χ0v) is 13.8. The summed E-state index contributed by atoms with van der Waals surface area (Å²) < 4.78 is 5.30. The van der Waals surface area contributed by atoms with Crippen molar-refractivity contribution in [3.8, 4) is 0 Å². The molecule has 1 aliphatic heterocycles. The lowest BCUT2D eigenvalue weighted by molar-refractivity contribution is -0.134. The summed E-state index contributed by atoms with van der Waals surface area (Å²) >= 11 is 5.87. The Hall–Kier alpha value is -2.92. The number of nitrogens with zero attached hydrogens (tertiary/aromatic N) is 1. The Morgan fingerprint density at radius 2 is 1.84 bits per heavy atom. The summed E-state index contributed by atoms with van der Waals surface area (Å²) in [5, 5.41) is 1.49. The summed E-state index contributed by atoms with van der Waals surface area (Å²) in [7, 11) is 0. The number of aromatic nitrogens is 1. The van der Waals surface area contributed by atoms with Gasteiger partial charge in [-0.15, -0.1) is 0 Å². The minimum Gasteiger partial charge on any atom is -0.406 e. The molecule has 2 heterocycles. The first kappa shape index (κ1) is 15.6. The van der Waals surface area contributed by atoms with Crippen molar-refractivity contribution in [2.75, 3.05) is 0 Å². The third-order valence-corrected chi connectivity index (χ3v) is 4.34. The molecule has 1 aliphatic rings. The lowest BCUT2D eigenvalue weighted by atomic mass is 10.0. The van der Waals surface area contributed by atoms with Crippen molar-refractivity contribution < 1.29 is 9.53 Å². The molecule has 0 bridgehead atoms. The number of para-hydroxylation sites is 1. The maximum atomic E-state index is 12.2. The van der Waals surface area contributed by atoms with Crippen molar-refractivity contribution in [1.82, 2.24) is 4.98 Å². The molecular weight excluding hydrogens is 340 g/mol. The highest BCUT2D eigenvalue weighted by Gasteiger charge is 2.30. The van der Waals surface area contributed by atoms with Crippen LogP contribution in [-0.4, -0.2) is 22.9 Å². The number of fused-ring (bicyclic) bond motifs is 1. The van der Waals surface area contributed by atoms with Gasteiger partial charge >= 0.3 is 5.97 Å². The number of hydrogen-bond donors (Lipinski definition) is 1. The van der Waals surface area contributed by atoms with Gasteiger partial charge in [0.1, 0.15) is 0 Å². The number of aliphatic imine (C=N–C) groups is 1. The number of halogens is 1. The number of rotatable bonds is 3. The molecule has 5 nitrogen and oxygen atoms in total. The molecule has 1 aromatic heterocycles. The van der Waals surface area contributed by atoms with Gasteiger partial charge in [-0.2, -0.15) is 0 Å². The average molecular weight is 353 g/mol. The molecule has 1 N–H and O–H groups in total. The Bertz CT molecular complexity index is 1050. The predicted molar refractivity (Wildman–Crippen MR) is 96.1 cm³/mol. The molecular formula is C19H13ClN2O3. The topological polar surface area (TPSA) is 71.5 Å². The first-order chi connectivity index (χ1) is 12.1. The number of hydrogen-bond acceptors (Lipinski definition) is 4. The number of aromatic amines is 1. The Balaban J connectivity index is 1.68. The van der Waals surface area contributed by atoms with Gasteiger partial charge in [0, 0.05) is 34.0 Å². The number of cyclic esters (lactones) is 1. The van der Waals surface area contributed by atoms with Crippen molar-refractivity contribution in [1.29, 1.82) is 0 Å². The van der Waals surface area contributed by atoms with E-state index in [-0.39, 0.29) is 11.5 Å². The summed E-state index contributed by atoms with van der Waals surface area (Å²) in [5.41, 5.74) is 1.98. The van der Waals surface area contributed by atoms with E-state index in [0.29, 0.717) is 17.0 Å². The van der Waals surface area contributed by atoms with Crippen LogP contribution < -0.4 is 5.56 Å². The molecule has 0 saturated carbocycles. The van der Waals surface area contributed by atoms with Gasteiger partial charge in [-0.3, -0.25) is 4.79 Å². The fourth-order valence-corrected chi connectivity index (χ4v) is 3.02. The van der Waals surface area contributed by atoms with Gasteiger partial charge in [0.05, 0.1) is 0 Å². The van der Waals surface area contributed by atoms with Crippen LogP contribution in [0.4, 0.5) is 0 Å². The number of pyridine rings is 1. The van der Waals surface area contributed by atoms with E-state index < -0.39 is 12.0 Å². The molecule has 4 rings (SSSR count). The smallest absolute Gasteiger partial charge is 0.338 e. The number of carbonyl (C=O) groups is 1. The highest BCUT2D eigenvalue weighted by Crippen LogP contribution is 2.22. The first-order valence-corrected chi connectivity index (χ1v) is 8.14. The largest absolute Gasteiger partial charge is 0.406 e. The molecule has 0 amide bonds. The number of esters is 1. The van der Waals surface area contributed by atoms with Gasteiger partial charge in [-0.25, -0.2) is 9.79 Å². The molecule has 124 valence electrons. The minimum absolute atomic E-state index is 0.207. The Morgan fingerprint density at radius 1 is 1.08 bits per heavy atom. The molecule has 3 aromatic rings. The van der Waals surface area contributed by atoms with E-state index >= 15 is 0 Å². The van der Waals surface area contributed by atoms with Crippen molar-refractivity contribution in [2.24, 2.45) is 4.99 Å². The molecule has 25 heavy (non-hydrogen) atoms. The Kier molecular flexibility index (Phi) is 3.86. The van der Waals surface area contributed by atoms with Crippen LogP contribution in [-0.2, 0) is 16.0 Å². The molecule has 0 saturated heterocycles. The third kappa shape index (κ3) is 3.06. The van der Waals surface area contributed by atoms with Crippen LogP contribution in [0.1, 0.15) is 11.1 Å². The van der Waals surface area contributed by atoms with Crippen LogP contribution in [0.5, 0.6) is 0 Å². The van der Waals surface area contributed by atoms with Crippen molar-refractivity contribution in [2.45, 2.75) is 12.5 Å². The van der Waals surface area contributed by atoms with Gasteiger partial charge in [0.15, 0.2) is 6.04 Å². The second-order valence-electron chi connectivity index (χ2n) is 5.79. The maximum Gasteiger partial charge on any atom is 0.338 e. The molecule has 6 heteroatoms. The van der Waals surface area contributed by atoms with Gasteiger partial charge < -0.3 is 9.72 Å². The average Bonchev–Trinajstić information content (AvgIpc) is 2.96. The monoisotopic (exact) mass is 352 g/mol. The fraction of sp³-hybridized carbons (Fsp3) is 0.105. The van der Waals surface area contributed by atoms with E-state index in [9.17, 15) is 9.59 Å². The summed E-state index contributed by atoms with van der Waals surface area (Å²) in [5.74, 6) is -0.143. The molecule has 0 aliphatic carbocycles. The van der Waals surface area contributed by atoms with Gasteiger partial charge in [-0.05, 0) is 35.9 Å². The number of benzene rings is 2. The molecule has 0 fully saturated rings. The Morgan fingerprint density at radius 3 is 2.64 bits per heavy atom. The predicted octanol–water partition coefficient (Wildman–Crippen LogP) is 3.10. The molecule has 1 atom stereocenters. The first-order valence-electron chi connectivity index (χ1n) is 7.76. The highest BCUT2D eigenvalue weighted by atomic mass is 35.5. The third-order valence-electron chi connectivity index (χ3n) is 4.08. The van der Waals surface area contributed by atoms with Crippen LogP contribution in [0.2, 0.25) is 5.02 Å². The molecule has 1 unspecified atom stereocenters. The fourth-order valence-electron chi connectivity index (χ4n) is 2.89. The minimum atomic E-state index is -0.670. The number of carbonyl (C=O) groups excluding carboxylic acids is 1. The van der Waals surface area contributed by atoms with Crippen LogP contribution >= 0.6 is 11.6 Å². The highest BCUT2D eigenvalue weighted by molar-refractivity contribution is 6.30. The van der Waals surface area contributed by atoms with E-state index in [0.717, 1.165) is 16.5 Å². The molecule has 0 spiro atoms. The zero-order chi connectivity index (χ0) is 17.4. The molecule has 2 aromatic carbocycles. The van der Waals surface area contributed by atoms with Gasteiger partial charge in [-0.1, -0.05) is 29.8 Å². The zero-order valence-electron chi connectivity index (χ0n) is 13.0. The maximum absolute atomic E-state index is 12.2. The Labute approximate surface area is 147 Å². The second-order valence-corrected chi connectivity index (χ2v) is 6.22. The standard InChI is InChI=1S/C19H13ClN2O3/c20-13-7-5-11(6-8-13)18-22-16(19(24)25-18)9-12-10-17(23)21-15-4-2-1-3-14(12)15/h1-8,10,16H,9H2,(H,21,23). The number of nitrogens with one attached hydrogen (secondary N) is 1. The SMILES string of the molecule is O=C1OC(c2ccc(Cl)cc2)=NC1Cc1cc(=O)[nH]c2ccccc12.